The number of amides is 2. The molecule has 0 radical (unpaired) electrons. The van der Waals surface area contributed by atoms with Gasteiger partial charge in [-0.1, -0.05) is 18.2 Å². The van der Waals surface area contributed by atoms with Crippen molar-refractivity contribution < 1.29 is 18.0 Å². The normalized spacial score (nSPS) is 13.6. The summed E-state index contributed by atoms with van der Waals surface area (Å²) >= 11 is 2.48. The van der Waals surface area contributed by atoms with Gasteiger partial charge in [0.05, 0.1) is 17.0 Å². The van der Waals surface area contributed by atoms with E-state index < -0.39 is 10.0 Å². The molecular formula is C19H14N2O4S3. The second-order valence-corrected chi connectivity index (χ2v) is 9.79. The molecule has 0 aliphatic carbocycles. The third-order valence-corrected chi connectivity index (χ3v) is 7.88. The SMILES string of the molecule is O=C1c2ccccc2C(=O)N1CSc1ccc(NS(=O)(=O)c2cccs2)cc1. The highest BCUT2D eigenvalue weighted by molar-refractivity contribution is 7.99. The van der Waals surface area contributed by atoms with E-state index in [1.54, 1.807) is 66.0 Å². The number of hydrogen-bond acceptors (Lipinski definition) is 6. The molecule has 0 spiro atoms. The highest BCUT2D eigenvalue weighted by Gasteiger charge is 2.34. The van der Waals surface area contributed by atoms with Gasteiger partial charge in [0.1, 0.15) is 4.21 Å². The fourth-order valence-electron chi connectivity index (χ4n) is 2.74. The molecule has 0 atom stereocenters. The van der Waals surface area contributed by atoms with Crippen molar-refractivity contribution in [2.75, 3.05) is 10.6 Å². The molecule has 2 aromatic carbocycles. The number of carbonyl (C=O) groups is 2. The van der Waals surface area contributed by atoms with Crippen molar-refractivity contribution in [1.82, 2.24) is 4.90 Å². The lowest BCUT2D eigenvalue weighted by molar-refractivity contribution is 0.0684. The van der Waals surface area contributed by atoms with Crippen LogP contribution >= 0.6 is 23.1 Å². The smallest absolute Gasteiger partial charge is 0.271 e. The highest BCUT2D eigenvalue weighted by atomic mass is 32.2. The molecule has 28 heavy (non-hydrogen) atoms. The van der Waals surface area contributed by atoms with Crippen LogP contribution in [0.2, 0.25) is 0 Å². The molecule has 1 aliphatic rings. The van der Waals surface area contributed by atoms with Gasteiger partial charge in [-0.25, -0.2) is 8.42 Å². The zero-order chi connectivity index (χ0) is 19.7. The molecule has 9 heteroatoms. The van der Waals surface area contributed by atoms with Crippen molar-refractivity contribution in [3.63, 3.8) is 0 Å². The van der Waals surface area contributed by atoms with Crippen LogP contribution in [0.4, 0.5) is 5.69 Å². The molecule has 1 aromatic heterocycles. The van der Waals surface area contributed by atoms with Gasteiger partial charge in [0.2, 0.25) is 0 Å². The lowest BCUT2D eigenvalue weighted by Gasteiger charge is -2.13. The predicted octanol–water partition coefficient (Wildman–Crippen LogP) is 3.89. The van der Waals surface area contributed by atoms with E-state index in [0.29, 0.717) is 16.8 Å². The number of thioether (sulfide) groups is 1. The van der Waals surface area contributed by atoms with Gasteiger partial charge in [-0.3, -0.25) is 19.2 Å². The fourth-order valence-corrected chi connectivity index (χ4v) is 5.63. The summed E-state index contributed by atoms with van der Waals surface area (Å²) in [5.41, 5.74) is 1.29. The Morgan fingerprint density at radius 1 is 0.893 bits per heavy atom. The van der Waals surface area contributed by atoms with Gasteiger partial charge in [-0.2, -0.15) is 0 Å². The lowest BCUT2D eigenvalue weighted by Crippen LogP contribution is -2.29. The van der Waals surface area contributed by atoms with E-state index in [4.69, 9.17) is 0 Å². The van der Waals surface area contributed by atoms with E-state index in [0.717, 1.165) is 16.2 Å². The molecule has 0 saturated carbocycles. The number of carbonyl (C=O) groups excluding carboxylic acids is 2. The topological polar surface area (TPSA) is 83.6 Å². The van der Waals surface area contributed by atoms with E-state index in [-0.39, 0.29) is 21.9 Å². The van der Waals surface area contributed by atoms with Crippen LogP contribution in [0.25, 0.3) is 0 Å². The number of hydrogen-bond donors (Lipinski definition) is 1. The summed E-state index contributed by atoms with van der Waals surface area (Å²) in [4.78, 5) is 26.8. The molecule has 4 rings (SSSR count). The van der Waals surface area contributed by atoms with Crippen LogP contribution in [0.3, 0.4) is 0 Å². The van der Waals surface area contributed by atoms with Gasteiger partial charge < -0.3 is 0 Å². The Hall–Kier alpha value is -2.62. The maximum atomic E-state index is 12.4. The summed E-state index contributed by atoms with van der Waals surface area (Å²) < 4.78 is 27.3. The highest BCUT2D eigenvalue weighted by Crippen LogP contribution is 2.28. The zero-order valence-electron chi connectivity index (χ0n) is 14.4. The third-order valence-electron chi connectivity index (χ3n) is 4.10. The van der Waals surface area contributed by atoms with Crippen LogP contribution in [0.5, 0.6) is 0 Å². The van der Waals surface area contributed by atoms with E-state index in [2.05, 4.69) is 4.72 Å². The van der Waals surface area contributed by atoms with Crippen molar-refractivity contribution in [3.05, 3.63) is 77.2 Å². The summed E-state index contributed by atoms with van der Waals surface area (Å²) in [6.07, 6.45) is 0. The molecule has 3 aromatic rings. The van der Waals surface area contributed by atoms with Gasteiger partial charge >= 0.3 is 0 Å². The molecule has 0 fully saturated rings. The Kier molecular flexibility index (Phi) is 4.96. The van der Waals surface area contributed by atoms with Crippen molar-refractivity contribution in [1.29, 1.82) is 0 Å². The molecule has 1 N–H and O–H groups in total. The first kappa shape index (κ1) is 18.7. The Bertz CT molecular complexity index is 1110. The Morgan fingerprint density at radius 2 is 1.54 bits per heavy atom. The molecule has 0 unspecified atom stereocenters. The van der Waals surface area contributed by atoms with Crippen LogP contribution in [0.1, 0.15) is 20.7 Å². The number of anilines is 1. The van der Waals surface area contributed by atoms with Gasteiger partial charge in [0, 0.05) is 10.6 Å². The average Bonchev–Trinajstić information content (AvgIpc) is 3.31. The summed E-state index contributed by atoms with van der Waals surface area (Å²) in [5.74, 6) is -0.408. The minimum Gasteiger partial charge on any atom is -0.279 e. The number of fused-ring (bicyclic) bond motifs is 1. The minimum atomic E-state index is -3.59. The van der Waals surface area contributed by atoms with Crippen molar-refractivity contribution >= 4 is 50.6 Å². The molecule has 1 aliphatic heterocycles. The second-order valence-electron chi connectivity index (χ2n) is 5.92. The van der Waals surface area contributed by atoms with Crippen LogP contribution in [0, 0.1) is 0 Å². The first-order chi connectivity index (χ1) is 13.5. The van der Waals surface area contributed by atoms with E-state index in [1.807, 2.05) is 0 Å². The maximum absolute atomic E-state index is 12.4. The predicted molar refractivity (Wildman–Crippen MR) is 109 cm³/mol. The number of nitrogens with zero attached hydrogens (tertiary/aromatic N) is 1. The Labute approximate surface area is 170 Å². The molecule has 142 valence electrons. The number of imide groups is 1. The van der Waals surface area contributed by atoms with E-state index in [9.17, 15) is 18.0 Å². The monoisotopic (exact) mass is 430 g/mol. The van der Waals surface area contributed by atoms with Crippen molar-refractivity contribution in [2.24, 2.45) is 0 Å². The number of benzene rings is 2. The zero-order valence-corrected chi connectivity index (χ0v) is 16.8. The van der Waals surface area contributed by atoms with Crippen LogP contribution in [-0.4, -0.2) is 31.0 Å². The van der Waals surface area contributed by atoms with Crippen molar-refractivity contribution in [2.45, 2.75) is 9.10 Å². The summed E-state index contributed by atoms with van der Waals surface area (Å²) in [6.45, 7) is 0. The summed E-state index contributed by atoms with van der Waals surface area (Å²) in [6, 6.07) is 16.8. The summed E-state index contributed by atoms with van der Waals surface area (Å²) in [7, 11) is -3.59. The summed E-state index contributed by atoms with van der Waals surface area (Å²) in [5, 5.41) is 1.70. The second kappa shape index (κ2) is 7.42. The number of sulfonamides is 1. The van der Waals surface area contributed by atoms with Crippen LogP contribution < -0.4 is 4.72 Å². The molecule has 2 heterocycles. The van der Waals surface area contributed by atoms with Gasteiger partial charge in [0.15, 0.2) is 0 Å². The van der Waals surface area contributed by atoms with Crippen molar-refractivity contribution in [3.8, 4) is 0 Å². The number of rotatable bonds is 6. The number of nitrogens with one attached hydrogen (secondary N) is 1. The standard InChI is InChI=1S/C19H14N2O4S3/c22-18-15-4-1-2-5-16(15)19(23)21(18)12-27-14-9-7-13(8-10-14)20-28(24,25)17-6-3-11-26-17/h1-11,20H,12H2. The van der Waals surface area contributed by atoms with Gasteiger partial charge in [-0.05, 0) is 47.8 Å². The molecule has 6 nitrogen and oxygen atoms in total. The van der Waals surface area contributed by atoms with E-state index in [1.165, 1.54) is 16.7 Å². The van der Waals surface area contributed by atoms with E-state index >= 15 is 0 Å². The first-order valence-electron chi connectivity index (χ1n) is 8.20. The Balaban J connectivity index is 1.41. The van der Waals surface area contributed by atoms with Gasteiger partial charge in [-0.15, -0.1) is 23.1 Å². The Morgan fingerprint density at radius 3 is 2.11 bits per heavy atom. The molecule has 0 saturated heterocycles. The number of thiophene rings is 1. The van der Waals surface area contributed by atoms with Crippen LogP contribution in [0.15, 0.2) is 75.1 Å². The molecule has 2 amide bonds. The largest absolute Gasteiger partial charge is 0.279 e. The van der Waals surface area contributed by atoms with Crippen LogP contribution in [-0.2, 0) is 10.0 Å². The lowest BCUT2D eigenvalue weighted by atomic mass is 10.1. The maximum Gasteiger partial charge on any atom is 0.271 e. The average molecular weight is 431 g/mol. The minimum absolute atomic E-state index is 0.187. The first-order valence-corrected chi connectivity index (χ1v) is 11.5. The fraction of sp³-hybridized carbons (Fsp3) is 0.0526. The quantitative estimate of drug-likeness (QED) is 0.474. The molecular weight excluding hydrogens is 416 g/mol. The van der Waals surface area contributed by atoms with Gasteiger partial charge in [0.25, 0.3) is 21.8 Å². The molecule has 0 bridgehead atoms. The third kappa shape index (κ3) is 3.56.